The zero-order chi connectivity index (χ0) is 12.4. The van der Waals surface area contributed by atoms with Crippen molar-refractivity contribution in [1.29, 1.82) is 0 Å². The highest BCUT2D eigenvalue weighted by Gasteiger charge is 2.14. The van der Waals surface area contributed by atoms with E-state index in [1.807, 2.05) is 6.07 Å². The number of anilines is 1. The van der Waals surface area contributed by atoms with Crippen molar-refractivity contribution in [2.24, 2.45) is 0 Å². The number of aromatic nitrogens is 2. The standard InChI is InChI=1S/C14H14ClN3/c15-14-9-13(10-16-17-14)18-7-5-11-3-1-2-4-12(11)6-8-18/h1-4,9-10H,5-8H2. The lowest BCUT2D eigenvalue weighted by atomic mass is 10.0. The van der Waals surface area contributed by atoms with E-state index in [9.17, 15) is 0 Å². The van der Waals surface area contributed by atoms with Gasteiger partial charge in [-0.2, -0.15) is 5.10 Å². The third-order valence-electron chi connectivity index (χ3n) is 3.40. The third kappa shape index (κ3) is 2.31. The zero-order valence-electron chi connectivity index (χ0n) is 10.0. The Kier molecular flexibility index (Phi) is 3.15. The summed E-state index contributed by atoms with van der Waals surface area (Å²) >= 11 is 5.89. The fourth-order valence-electron chi connectivity index (χ4n) is 2.43. The molecule has 92 valence electrons. The van der Waals surface area contributed by atoms with E-state index in [0.29, 0.717) is 5.15 Å². The lowest BCUT2D eigenvalue weighted by Crippen LogP contribution is -2.26. The molecule has 0 radical (unpaired) electrons. The van der Waals surface area contributed by atoms with Crippen LogP contribution < -0.4 is 4.90 Å². The Morgan fingerprint density at radius 2 is 1.72 bits per heavy atom. The number of rotatable bonds is 1. The highest BCUT2D eigenvalue weighted by molar-refractivity contribution is 6.29. The molecule has 0 N–H and O–H groups in total. The number of fused-ring (bicyclic) bond motifs is 1. The van der Waals surface area contributed by atoms with Crippen LogP contribution in [0.1, 0.15) is 11.1 Å². The Hall–Kier alpha value is -1.61. The van der Waals surface area contributed by atoms with Crippen molar-refractivity contribution in [2.45, 2.75) is 12.8 Å². The van der Waals surface area contributed by atoms with Gasteiger partial charge in [-0.3, -0.25) is 0 Å². The summed E-state index contributed by atoms with van der Waals surface area (Å²) in [5, 5.41) is 8.15. The summed E-state index contributed by atoms with van der Waals surface area (Å²) < 4.78 is 0. The molecular formula is C14H14ClN3. The van der Waals surface area contributed by atoms with E-state index in [-0.39, 0.29) is 0 Å². The van der Waals surface area contributed by atoms with Gasteiger partial charge in [0.05, 0.1) is 11.9 Å². The van der Waals surface area contributed by atoms with Gasteiger partial charge in [0.2, 0.25) is 0 Å². The molecule has 0 atom stereocenters. The van der Waals surface area contributed by atoms with E-state index in [2.05, 4.69) is 39.4 Å². The molecule has 0 bridgehead atoms. The van der Waals surface area contributed by atoms with Crippen LogP contribution in [0.2, 0.25) is 5.15 Å². The Labute approximate surface area is 111 Å². The molecule has 1 aliphatic rings. The summed E-state index contributed by atoms with van der Waals surface area (Å²) in [5.74, 6) is 0. The molecule has 3 nitrogen and oxygen atoms in total. The zero-order valence-corrected chi connectivity index (χ0v) is 10.8. The molecule has 0 saturated carbocycles. The van der Waals surface area contributed by atoms with E-state index in [4.69, 9.17) is 11.6 Å². The fourth-order valence-corrected chi connectivity index (χ4v) is 2.59. The number of hydrogen-bond acceptors (Lipinski definition) is 3. The highest BCUT2D eigenvalue weighted by Crippen LogP contribution is 2.21. The van der Waals surface area contributed by atoms with Gasteiger partial charge in [-0.15, -0.1) is 5.10 Å². The van der Waals surface area contributed by atoms with Gasteiger partial charge in [0.25, 0.3) is 0 Å². The molecular weight excluding hydrogens is 246 g/mol. The van der Waals surface area contributed by atoms with Crippen molar-refractivity contribution in [3.8, 4) is 0 Å². The lowest BCUT2D eigenvalue weighted by molar-refractivity contribution is 0.799. The maximum Gasteiger partial charge on any atom is 0.153 e. The van der Waals surface area contributed by atoms with Crippen LogP contribution in [0.25, 0.3) is 0 Å². The normalized spacial score (nSPS) is 15.1. The van der Waals surface area contributed by atoms with Gasteiger partial charge in [0.15, 0.2) is 5.15 Å². The van der Waals surface area contributed by atoms with Crippen LogP contribution >= 0.6 is 11.6 Å². The number of nitrogens with zero attached hydrogens (tertiary/aromatic N) is 3. The number of benzene rings is 1. The van der Waals surface area contributed by atoms with Crippen LogP contribution in [0.4, 0.5) is 5.69 Å². The summed E-state index contributed by atoms with van der Waals surface area (Å²) in [6.07, 6.45) is 3.91. The monoisotopic (exact) mass is 259 g/mol. The van der Waals surface area contributed by atoms with Crippen molar-refractivity contribution < 1.29 is 0 Å². The SMILES string of the molecule is Clc1cc(N2CCc3ccccc3CC2)cnn1. The van der Waals surface area contributed by atoms with Gasteiger partial charge in [-0.05, 0) is 24.0 Å². The van der Waals surface area contributed by atoms with Crippen LogP contribution in [-0.2, 0) is 12.8 Å². The van der Waals surface area contributed by atoms with E-state index in [1.165, 1.54) is 11.1 Å². The summed E-state index contributed by atoms with van der Waals surface area (Å²) in [6, 6.07) is 10.5. The molecule has 3 rings (SSSR count). The number of hydrogen-bond donors (Lipinski definition) is 0. The van der Waals surface area contributed by atoms with Crippen LogP contribution in [0, 0.1) is 0 Å². The van der Waals surface area contributed by atoms with Gasteiger partial charge >= 0.3 is 0 Å². The van der Waals surface area contributed by atoms with Crippen LogP contribution in [-0.4, -0.2) is 23.3 Å². The van der Waals surface area contributed by atoms with Gasteiger partial charge in [0.1, 0.15) is 0 Å². The van der Waals surface area contributed by atoms with Crippen molar-refractivity contribution in [1.82, 2.24) is 10.2 Å². The van der Waals surface area contributed by atoms with E-state index < -0.39 is 0 Å². The molecule has 4 heteroatoms. The van der Waals surface area contributed by atoms with Crippen LogP contribution in [0.15, 0.2) is 36.5 Å². The molecule has 1 aromatic carbocycles. The molecule has 0 unspecified atom stereocenters. The highest BCUT2D eigenvalue weighted by atomic mass is 35.5. The summed E-state index contributed by atoms with van der Waals surface area (Å²) in [7, 11) is 0. The smallest absolute Gasteiger partial charge is 0.153 e. The maximum atomic E-state index is 5.89. The average Bonchev–Trinajstić information content (AvgIpc) is 2.61. The Morgan fingerprint density at radius 1 is 1.06 bits per heavy atom. The van der Waals surface area contributed by atoms with E-state index >= 15 is 0 Å². The second-order valence-corrected chi connectivity index (χ2v) is 4.88. The molecule has 2 heterocycles. The van der Waals surface area contributed by atoms with Gasteiger partial charge in [0, 0.05) is 19.2 Å². The summed E-state index contributed by atoms with van der Waals surface area (Å²) in [5.41, 5.74) is 3.96. The van der Waals surface area contributed by atoms with E-state index in [1.54, 1.807) is 6.20 Å². The van der Waals surface area contributed by atoms with Crippen LogP contribution in [0.5, 0.6) is 0 Å². The maximum absolute atomic E-state index is 5.89. The average molecular weight is 260 g/mol. The topological polar surface area (TPSA) is 29.0 Å². The quantitative estimate of drug-likeness (QED) is 0.789. The minimum absolute atomic E-state index is 0.453. The molecule has 0 fully saturated rings. The summed E-state index contributed by atoms with van der Waals surface area (Å²) in [6.45, 7) is 2.00. The Morgan fingerprint density at radius 3 is 2.33 bits per heavy atom. The first-order valence-corrected chi connectivity index (χ1v) is 6.51. The second-order valence-electron chi connectivity index (χ2n) is 4.49. The predicted molar refractivity (Wildman–Crippen MR) is 73.1 cm³/mol. The molecule has 0 aliphatic carbocycles. The minimum atomic E-state index is 0.453. The largest absolute Gasteiger partial charge is 0.369 e. The van der Waals surface area contributed by atoms with Crippen molar-refractivity contribution >= 4 is 17.3 Å². The van der Waals surface area contributed by atoms with Gasteiger partial charge in [-0.25, -0.2) is 0 Å². The lowest BCUT2D eigenvalue weighted by Gasteiger charge is -2.21. The Bertz CT molecular complexity index is 529. The number of halogens is 1. The van der Waals surface area contributed by atoms with Crippen LogP contribution in [0.3, 0.4) is 0 Å². The van der Waals surface area contributed by atoms with Gasteiger partial charge in [-0.1, -0.05) is 35.9 Å². The first-order valence-electron chi connectivity index (χ1n) is 6.13. The first-order chi connectivity index (χ1) is 8.83. The van der Waals surface area contributed by atoms with E-state index in [0.717, 1.165) is 31.6 Å². The second kappa shape index (κ2) is 4.94. The minimum Gasteiger partial charge on any atom is -0.369 e. The Balaban J connectivity index is 1.83. The molecule has 0 amide bonds. The van der Waals surface area contributed by atoms with Crippen molar-refractivity contribution in [2.75, 3.05) is 18.0 Å². The first kappa shape index (κ1) is 11.5. The molecule has 1 aromatic heterocycles. The molecule has 2 aromatic rings. The molecule has 1 aliphatic heterocycles. The third-order valence-corrected chi connectivity index (χ3v) is 3.58. The van der Waals surface area contributed by atoms with Gasteiger partial charge < -0.3 is 4.90 Å². The van der Waals surface area contributed by atoms with Crippen molar-refractivity contribution in [3.05, 3.63) is 52.8 Å². The fraction of sp³-hybridized carbons (Fsp3) is 0.286. The summed E-state index contributed by atoms with van der Waals surface area (Å²) in [4.78, 5) is 2.32. The molecule has 0 saturated heterocycles. The molecule has 0 spiro atoms. The van der Waals surface area contributed by atoms with Crippen molar-refractivity contribution in [3.63, 3.8) is 0 Å². The molecule has 18 heavy (non-hydrogen) atoms. The predicted octanol–water partition coefficient (Wildman–Crippen LogP) is 2.74.